The van der Waals surface area contributed by atoms with E-state index in [1.54, 1.807) is 0 Å². The molecule has 1 heteroatoms. The SMILES string of the molecule is CC(C)(C)c1ccc2c(c1)C13c4ccccc4-c4ccc(cc41)[N+](c1ccc(-c4ccccc4)cc1)(c1ccccc1-c1ccccc1)C(C)(C)c1ccc-2c3c1. The first-order chi connectivity index (χ1) is 27.6. The fourth-order valence-electron chi connectivity index (χ4n) is 10.9. The lowest BCUT2D eigenvalue weighted by Crippen LogP contribution is -2.54. The topological polar surface area (TPSA) is 0 Å². The van der Waals surface area contributed by atoms with Gasteiger partial charge in [-0.2, -0.15) is 0 Å². The first-order valence-electron chi connectivity index (χ1n) is 20.4. The van der Waals surface area contributed by atoms with Gasteiger partial charge in [0.25, 0.3) is 0 Å². The first kappa shape index (κ1) is 34.0. The van der Waals surface area contributed by atoms with Gasteiger partial charge in [0, 0.05) is 41.5 Å². The van der Waals surface area contributed by atoms with Crippen molar-refractivity contribution < 1.29 is 0 Å². The van der Waals surface area contributed by atoms with Crippen molar-refractivity contribution in [3.63, 3.8) is 0 Å². The summed E-state index contributed by atoms with van der Waals surface area (Å²) in [5.74, 6) is 0. The van der Waals surface area contributed by atoms with Crippen LogP contribution in [0.4, 0.5) is 17.1 Å². The largest absolute Gasteiger partial charge is 0.218 e. The Hall–Kier alpha value is -6.28. The van der Waals surface area contributed by atoms with E-state index in [4.69, 9.17) is 0 Å². The molecule has 2 aliphatic carbocycles. The lowest BCUT2D eigenvalue weighted by atomic mass is 9.69. The highest BCUT2D eigenvalue weighted by atomic mass is 15.4. The smallest absolute Gasteiger partial charge is 0.151 e. The molecule has 11 rings (SSSR count). The number of hydrogen-bond donors (Lipinski definition) is 0. The Kier molecular flexibility index (Phi) is 7.08. The van der Waals surface area contributed by atoms with Crippen molar-refractivity contribution >= 4 is 17.1 Å². The van der Waals surface area contributed by atoms with E-state index in [9.17, 15) is 0 Å². The van der Waals surface area contributed by atoms with Gasteiger partial charge in [-0.15, -0.1) is 0 Å². The van der Waals surface area contributed by atoms with Gasteiger partial charge in [-0.1, -0.05) is 148 Å². The summed E-state index contributed by atoms with van der Waals surface area (Å²) in [6.45, 7) is 12.0. The molecule has 4 bridgehead atoms. The average Bonchev–Trinajstić information content (AvgIpc) is 3.71. The molecule has 57 heavy (non-hydrogen) atoms. The minimum Gasteiger partial charge on any atom is -0.218 e. The van der Waals surface area contributed by atoms with Gasteiger partial charge in [0.1, 0.15) is 16.9 Å². The van der Waals surface area contributed by atoms with E-state index in [2.05, 4.69) is 223 Å². The van der Waals surface area contributed by atoms with Crippen LogP contribution in [-0.4, -0.2) is 0 Å². The predicted octanol–water partition coefficient (Wildman–Crippen LogP) is 14.9. The minimum absolute atomic E-state index is 0.00794. The van der Waals surface area contributed by atoms with Crippen LogP contribution < -0.4 is 4.48 Å². The highest BCUT2D eigenvalue weighted by Gasteiger charge is 2.58. The molecule has 2 unspecified atom stereocenters. The van der Waals surface area contributed by atoms with Crippen molar-refractivity contribution in [2.45, 2.75) is 51.0 Å². The Labute approximate surface area is 337 Å². The Balaban J connectivity index is 1.31. The number of rotatable bonds is 4. The summed E-state index contributed by atoms with van der Waals surface area (Å²) in [6.07, 6.45) is 0. The zero-order valence-electron chi connectivity index (χ0n) is 33.3. The molecule has 2 atom stereocenters. The number of nitrogens with zero attached hydrogens (tertiary/aromatic N) is 1. The molecule has 0 radical (unpaired) electrons. The second-order valence-electron chi connectivity index (χ2n) is 17.8. The maximum Gasteiger partial charge on any atom is 0.151 e. The maximum atomic E-state index is 2.61. The number of para-hydroxylation sites is 1. The second-order valence-corrected chi connectivity index (χ2v) is 17.8. The summed E-state index contributed by atoms with van der Waals surface area (Å²) in [5.41, 5.74) is 21.3. The van der Waals surface area contributed by atoms with Crippen LogP contribution in [0.3, 0.4) is 0 Å². The highest BCUT2D eigenvalue weighted by Crippen LogP contribution is 2.67. The Morgan fingerprint density at radius 2 is 0.895 bits per heavy atom. The number of fused-ring (bicyclic) bond motifs is 6. The molecular weight excluding hydrogens is 687 g/mol. The van der Waals surface area contributed by atoms with Gasteiger partial charge in [-0.05, 0) is 116 Å². The number of benzene rings is 8. The Bertz CT molecular complexity index is 2890. The zero-order chi connectivity index (χ0) is 38.7. The van der Waals surface area contributed by atoms with Gasteiger partial charge in [0.2, 0.25) is 0 Å². The standard InChI is InChI=1S/C56H46N/c1-54(2,3)40-26-31-46-47-32-27-41-35-51(47)56(50(46)34-40)49-22-14-12-21-45(49)48-33-30-43(36-52(48)56)57(55(41,4)5,42-28-24-38(25-29-42)37-16-8-6-9-17-37)53-23-15-13-20-44(53)39-18-10-7-11-19-39/h6-36H,1-5H3/q+1. The average molecular weight is 733 g/mol. The molecule has 0 saturated heterocycles. The fraction of sp³-hybridized carbons (Fsp3) is 0.143. The Morgan fingerprint density at radius 1 is 0.386 bits per heavy atom. The molecule has 0 saturated carbocycles. The monoisotopic (exact) mass is 732 g/mol. The summed E-state index contributed by atoms with van der Waals surface area (Å²) >= 11 is 0. The number of quaternary nitrogens is 1. The number of hydrogen-bond acceptors (Lipinski definition) is 0. The van der Waals surface area contributed by atoms with Crippen molar-refractivity contribution in [2.24, 2.45) is 0 Å². The lowest BCUT2D eigenvalue weighted by molar-refractivity contribution is 0.275. The molecular formula is C56H46N+. The lowest BCUT2D eigenvalue weighted by Gasteiger charge is -2.50. The van der Waals surface area contributed by atoms with Gasteiger partial charge in [-0.25, -0.2) is 4.48 Å². The van der Waals surface area contributed by atoms with Crippen LogP contribution in [-0.2, 0) is 16.4 Å². The fourth-order valence-corrected chi connectivity index (χ4v) is 10.9. The molecule has 0 aromatic heterocycles. The van der Waals surface area contributed by atoms with Crippen molar-refractivity contribution in [1.82, 2.24) is 4.48 Å². The molecule has 0 amide bonds. The van der Waals surface area contributed by atoms with E-state index < -0.39 is 11.0 Å². The molecule has 0 N–H and O–H groups in total. The van der Waals surface area contributed by atoms with E-state index >= 15 is 0 Å². The minimum atomic E-state index is -0.479. The molecule has 274 valence electrons. The van der Waals surface area contributed by atoms with Crippen LogP contribution in [0.1, 0.15) is 68.0 Å². The van der Waals surface area contributed by atoms with Gasteiger partial charge in [-0.3, -0.25) is 0 Å². The van der Waals surface area contributed by atoms with Crippen LogP contribution in [0.2, 0.25) is 0 Å². The van der Waals surface area contributed by atoms with Gasteiger partial charge < -0.3 is 0 Å². The molecule has 1 aliphatic heterocycles. The molecule has 0 fully saturated rings. The first-order valence-corrected chi connectivity index (χ1v) is 20.4. The molecule has 8 aromatic carbocycles. The normalized spacial score (nSPS) is 19.2. The third kappa shape index (κ3) is 4.44. The van der Waals surface area contributed by atoms with Crippen molar-refractivity contribution in [3.8, 4) is 44.5 Å². The van der Waals surface area contributed by atoms with Gasteiger partial charge in [0.05, 0.1) is 5.41 Å². The third-order valence-corrected chi connectivity index (χ3v) is 13.7. The van der Waals surface area contributed by atoms with Gasteiger partial charge in [0.15, 0.2) is 5.69 Å². The molecule has 1 spiro atoms. The highest BCUT2D eigenvalue weighted by molar-refractivity contribution is 5.97. The molecule has 1 heterocycles. The molecule has 8 aromatic rings. The van der Waals surface area contributed by atoms with Crippen molar-refractivity contribution in [3.05, 3.63) is 221 Å². The zero-order valence-corrected chi connectivity index (χ0v) is 33.3. The van der Waals surface area contributed by atoms with Crippen LogP contribution in [0.25, 0.3) is 44.5 Å². The predicted molar refractivity (Wildman–Crippen MR) is 239 cm³/mol. The summed E-state index contributed by atoms with van der Waals surface area (Å²) in [4.78, 5) is 0. The van der Waals surface area contributed by atoms with E-state index in [0.717, 1.165) is 0 Å². The Morgan fingerprint density at radius 3 is 1.60 bits per heavy atom. The maximum absolute atomic E-state index is 2.61. The van der Waals surface area contributed by atoms with E-state index in [-0.39, 0.29) is 5.41 Å². The van der Waals surface area contributed by atoms with Crippen LogP contribution in [0.5, 0.6) is 0 Å². The van der Waals surface area contributed by atoms with Gasteiger partial charge >= 0.3 is 0 Å². The van der Waals surface area contributed by atoms with Crippen molar-refractivity contribution in [1.29, 1.82) is 0 Å². The molecule has 1 nitrogen and oxygen atoms in total. The van der Waals surface area contributed by atoms with Crippen molar-refractivity contribution in [2.75, 3.05) is 0 Å². The van der Waals surface area contributed by atoms with E-state index in [0.29, 0.717) is 4.48 Å². The summed E-state index contributed by atoms with van der Waals surface area (Å²) < 4.78 is 0.501. The van der Waals surface area contributed by atoms with Crippen LogP contribution in [0.15, 0.2) is 188 Å². The molecule has 3 aliphatic rings. The van der Waals surface area contributed by atoms with E-state index in [1.807, 2.05) is 0 Å². The third-order valence-electron chi connectivity index (χ3n) is 13.7. The van der Waals surface area contributed by atoms with E-state index in [1.165, 1.54) is 95.0 Å². The van der Waals surface area contributed by atoms with Crippen LogP contribution >= 0.6 is 0 Å². The quantitative estimate of drug-likeness (QED) is 0.158. The summed E-state index contributed by atoms with van der Waals surface area (Å²) in [5, 5.41) is 0. The summed E-state index contributed by atoms with van der Waals surface area (Å²) in [6, 6.07) is 71.8. The van der Waals surface area contributed by atoms with Crippen LogP contribution in [0, 0.1) is 0 Å². The second kappa shape index (κ2) is 11.9. The summed E-state index contributed by atoms with van der Waals surface area (Å²) in [7, 11) is 0.